The minimum atomic E-state index is -3.93. The summed E-state index contributed by atoms with van der Waals surface area (Å²) in [6.07, 6.45) is 2.88. The van der Waals surface area contributed by atoms with Gasteiger partial charge in [-0.1, -0.05) is 32.9 Å². The Morgan fingerprint density at radius 2 is 1.77 bits per heavy atom. The number of nitrogens with one attached hydrogen (secondary N) is 4. The third kappa shape index (κ3) is 9.18. The van der Waals surface area contributed by atoms with Crippen LogP contribution in [-0.4, -0.2) is 94.1 Å². The number of benzene rings is 1. The van der Waals surface area contributed by atoms with Gasteiger partial charge in [-0.25, -0.2) is 22.7 Å². The lowest BCUT2D eigenvalue weighted by atomic mass is 9.85. The van der Waals surface area contributed by atoms with Crippen LogP contribution in [0.2, 0.25) is 0 Å². The summed E-state index contributed by atoms with van der Waals surface area (Å²) in [5.41, 5.74) is -1.50. The molecular formula is C36H49N7O9S. The Hall–Kier alpha value is -4.93. The van der Waals surface area contributed by atoms with Crippen LogP contribution in [0.1, 0.15) is 72.8 Å². The SMILES string of the molecule is C=CC1C[C@]1(NC(=O)[C@@H]1C[C@@H](OC(=O)Nc2cc(C)ccc2-n2cccn2)CN1C(=O)[C@@H](NC(=O)OC(C)(C)C)C(C)(C)C)C(=O)NS(=O)(=O)C1CC1. The summed E-state index contributed by atoms with van der Waals surface area (Å²) in [6.45, 7) is 15.6. The molecule has 2 heterocycles. The van der Waals surface area contributed by atoms with Gasteiger partial charge in [-0.2, -0.15) is 5.10 Å². The lowest BCUT2D eigenvalue weighted by molar-refractivity contribution is -0.143. The molecule has 17 heteroatoms. The molecule has 4 N–H and O–H groups in total. The van der Waals surface area contributed by atoms with E-state index in [-0.39, 0.29) is 19.4 Å². The Kier molecular flexibility index (Phi) is 10.7. The Morgan fingerprint density at radius 1 is 1.08 bits per heavy atom. The number of carbonyl (C=O) groups is 5. The van der Waals surface area contributed by atoms with Gasteiger partial charge in [0.1, 0.15) is 29.3 Å². The Morgan fingerprint density at radius 3 is 2.34 bits per heavy atom. The number of hydrogen-bond acceptors (Lipinski definition) is 10. The molecule has 53 heavy (non-hydrogen) atoms. The number of sulfonamides is 1. The first-order valence-electron chi connectivity index (χ1n) is 17.5. The minimum absolute atomic E-state index is 0.0944. The van der Waals surface area contributed by atoms with E-state index in [1.54, 1.807) is 76.8 Å². The zero-order valence-corrected chi connectivity index (χ0v) is 31.9. The molecule has 2 aliphatic carbocycles. The molecule has 5 rings (SSSR count). The maximum atomic E-state index is 14.4. The summed E-state index contributed by atoms with van der Waals surface area (Å²) in [7, 11) is -3.93. The number of carbonyl (C=O) groups excluding carboxylic acids is 5. The van der Waals surface area contributed by atoms with Crippen molar-refractivity contribution in [2.75, 3.05) is 11.9 Å². The third-order valence-electron chi connectivity index (χ3n) is 9.29. The maximum absolute atomic E-state index is 14.4. The van der Waals surface area contributed by atoms with Crippen LogP contribution >= 0.6 is 0 Å². The summed E-state index contributed by atoms with van der Waals surface area (Å²) in [4.78, 5) is 69.5. The highest BCUT2D eigenvalue weighted by atomic mass is 32.2. The largest absolute Gasteiger partial charge is 0.444 e. The number of likely N-dealkylation sites (tertiary alicyclic amines) is 1. The third-order valence-corrected chi connectivity index (χ3v) is 11.1. The van der Waals surface area contributed by atoms with Gasteiger partial charge in [-0.15, -0.1) is 6.58 Å². The number of amides is 5. The van der Waals surface area contributed by atoms with Crippen molar-refractivity contribution in [3.05, 3.63) is 54.9 Å². The van der Waals surface area contributed by atoms with Crippen molar-refractivity contribution in [1.82, 2.24) is 30.0 Å². The number of alkyl carbamates (subject to hydrolysis) is 1. The van der Waals surface area contributed by atoms with Crippen LogP contribution in [-0.2, 0) is 33.9 Å². The molecule has 5 atom stereocenters. The normalized spacial score (nSPS) is 23.3. The van der Waals surface area contributed by atoms with E-state index in [4.69, 9.17) is 9.47 Å². The molecule has 3 aliphatic rings. The highest BCUT2D eigenvalue weighted by Crippen LogP contribution is 2.45. The summed E-state index contributed by atoms with van der Waals surface area (Å²) >= 11 is 0. The van der Waals surface area contributed by atoms with Gasteiger partial charge in [0, 0.05) is 24.7 Å². The second-order valence-corrected chi connectivity index (χ2v) is 18.0. The quantitative estimate of drug-likeness (QED) is 0.246. The van der Waals surface area contributed by atoms with E-state index in [1.165, 1.54) is 11.0 Å². The predicted octanol–water partition coefficient (Wildman–Crippen LogP) is 3.31. The van der Waals surface area contributed by atoms with Crippen molar-refractivity contribution in [3.8, 4) is 5.69 Å². The molecule has 16 nitrogen and oxygen atoms in total. The monoisotopic (exact) mass is 755 g/mol. The first-order chi connectivity index (χ1) is 24.6. The number of aromatic nitrogens is 2. The number of aryl methyl sites for hydroxylation is 1. The van der Waals surface area contributed by atoms with E-state index in [0.29, 0.717) is 24.2 Å². The molecular weight excluding hydrogens is 707 g/mol. The highest BCUT2D eigenvalue weighted by molar-refractivity contribution is 7.91. The Balaban J connectivity index is 1.40. The number of rotatable bonds is 11. The van der Waals surface area contributed by atoms with E-state index in [1.807, 2.05) is 13.0 Å². The van der Waals surface area contributed by atoms with Crippen molar-refractivity contribution in [2.45, 2.75) is 109 Å². The molecule has 2 saturated carbocycles. The summed E-state index contributed by atoms with van der Waals surface area (Å²) in [5, 5.41) is 11.7. The fourth-order valence-corrected chi connectivity index (χ4v) is 7.65. The van der Waals surface area contributed by atoms with Crippen molar-refractivity contribution >= 4 is 45.6 Å². The maximum Gasteiger partial charge on any atom is 0.412 e. The van der Waals surface area contributed by atoms with Gasteiger partial charge in [0.15, 0.2) is 0 Å². The molecule has 0 radical (unpaired) electrons. The van der Waals surface area contributed by atoms with Gasteiger partial charge >= 0.3 is 12.2 Å². The van der Waals surface area contributed by atoms with Crippen molar-refractivity contribution in [1.29, 1.82) is 0 Å². The topological polar surface area (TPSA) is 207 Å². The van der Waals surface area contributed by atoms with Gasteiger partial charge in [0.25, 0.3) is 5.91 Å². The first kappa shape index (κ1) is 39.3. The second-order valence-electron chi connectivity index (χ2n) is 16.0. The lowest BCUT2D eigenvalue weighted by Gasteiger charge is -2.36. The van der Waals surface area contributed by atoms with E-state index < -0.39 is 85.8 Å². The molecule has 5 amide bonds. The smallest absolute Gasteiger partial charge is 0.412 e. The summed E-state index contributed by atoms with van der Waals surface area (Å²) in [6, 6.07) is 4.66. The highest BCUT2D eigenvalue weighted by Gasteiger charge is 2.62. The van der Waals surface area contributed by atoms with E-state index in [2.05, 4.69) is 32.4 Å². The average Bonchev–Trinajstić information content (AvgIpc) is 3.91. The standard InChI is InChI=1S/C36H49N7O9S/c1-9-22-19-36(22,31(46)41-53(49,50)24-12-13-24)40-29(44)27-18-23(20-42(27)30(45)28(34(3,4)5)39-33(48)52-35(6,7)8)51-32(47)38-25-17-21(2)11-14-26(25)43-16-10-15-37-43/h9-11,14-17,22-24,27-28H,1,12-13,18-20H2,2-8H3,(H,38,47)(H,39,48)(H,40,44)(H,41,46)/t22?,23-,27+,28-,36-/m1/s1. The van der Waals surface area contributed by atoms with Crippen molar-refractivity contribution in [3.63, 3.8) is 0 Å². The average molecular weight is 756 g/mol. The van der Waals surface area contributed by atoms with E-state index >= 15 is 0 Å². The van der Waals surface area contributed by atoms with Crippen LogP contribution in [0.3, 0.4) is 0 Å². The fourth-order valence-electron chi connectivity index (χ4n) is 6.29. The molecule has 1 saturated heterocycles. The summed E-state index contributed by atoms with van der Waals surface area (Å²) in [5.74, 6) is -2.88. The van der Waals surface area contributed by atoms with Gasteiger partial charge < -0.3 is 25.0 Å². The molecule has 1 unspecified atom stereocenters. The van der Waals surface area contributed by atoms with Gasteiger partial charge in [0.05, 0.1) is 23.2 Å². The molecule has 1 aromatic heterocycles. The Labute approximate surface area is 309 Å². The van der Waals surface area contributed by atoms with Crippen molar-refractivity contribution in [2.24, 2.45) is 11.3 Å². The molecule has 2 aromatic rings. The Bertz CT molecular complexity index is 1880. The van der Waals surface area contributed by atoms with Crippen LogP contribution in [0, 0.1) is 18.3 Å². The van der Waals surface area contributed by atoms with Gasteiger partial charge in [-0.3, -0.25) is 24.4 Å². The van der Waals surface area contributed by atoms with E-state index in [9.17, 15) is 32.4 Å². The van der Waals surface area contributed by atoms with Gasteiger partial charge in [0.2, 0.25) is 21.8 Å². The van der Waals surface area contributed by atoms with Crippen LogP contribution in [0.5, 0.6) is 0 Å². The molecule has 3 fully saturated rings. The second kappa shape index (κ2) is 14.5. The molecule has 1 aromatic carbocycles. The van der Waals surface area contributed by atoms with Crippen LogP contribution in [0.4, 0.5) is 15.3 Å². The molecule has 0 bridgehead atoms. The van der Waals surface area contributed by atoms with Crippen LogP contribution in [0.25, 0.3) is 5.69 Å². The number of ether oxygens (including phenoxy) is 2. The van der Waals surface area contributed by atoms with Gasteiger partial charge in [-0.05, 0) is 76.1 Å². The molecule has 288 valence electrons. The van der Waals surface area contributed by atoms with E-state index in [0.717, 1.165) is 5.56 Å². The first-order valence-corrected chi connectivity index (χ1v) is 19.1. The van der Waals surface area contributed by atoms with Crippen LogP contribution < -0.4 is 20.7 Å². The lowest BCUT2D eigenvalue weighted by Crippen LogP contribution is -2.60. The molecule has 1 aliphatic heterocycles. The number of nitrogens with zero attached hydrogens (tertiary/aromatic N) is 3. The van der Waals surface area contributed by atoms with Crippen LogP contribution in [0.15, 0.2) is 49.3 Å². The fraction of sp³-hybridized carbons (Fsp3) is 0.556. The summed E-state index contributed by atoms with van der Waals surface area (Å²) < 4.78 is 40.2. The molecule has 0 spiro atoms. The zero-order valence-electron chi connectivity index (χ0n) is 31.1. The predicted molar refractivity (Wildman–Crippen MR) is 194 cm³/mol. The zero-order chi connectivity index (χ0) is 39.1. The number of hydrogen-bond donors (Lipinski definition) is 4. The minimum Gasteiger partial charge on any atom is -0.444 e. The number of anilines is 1. The van der Waals surface area contributed by atoms with Crippen molar-refractivity contribution < 1.29 is 41.9 Å².